The molecule has 0 bridgehead atoms. The molecule has 1 aliphatic heterocycles. The van der Waals surface area contributed by atoms with E-state index in [-0.39, 0.29) is 17.4 Å². The van der Waals surface area contributed by atoms with E-state index >= 15 is 0 Å². The molecule has 21 heavy (non-hydrogen) atoms. The molecular formula is C16H22N2O3. The molecule has 0 aromatic carbocycles. The first-order valence-corrected chi connectivity index (χ1v) is 7.43. The van der Waals surface area contributed by atoms with Crippen molar-refractivity contribution in [1.82, 2.24) is 10.1 Å². The molecule has 1 fully saturated rings. The Kier molecular flexibility index (Phi) is 3.61. The van der Waals surface area contributed by atoms with Crippen LogP contribution in [0.4, 0.5) is 0 Å². The van der Waals surface area contributed by atoms with Gasteiger partial charge in [0.25, 0.3) is 0 Å². The van der Waals surface area contributed by atoms with E-state index in [2.05, 4.69) is 24.0 Å². The van der Waals surface area contributed by atoms with E-state index in [1.807, 2.05) is 26.0 Å². The van der Waals surface area contributed by atoms with Crippen LogP contribution in [0.25, 0.3) is 0 Å². The summed E-state index contributed by atoms with van der Waals surface area (Å²) in [5, 5.41) is 4.08. The summed E-state index contributed by atoms with van der Waals surface area (Å²) in [6.45, 7) is 9.17. The van der Waals surface area contributed by atoms with Crippen LogP contribution in [0.2, 0.25) is 0 Å². The quantitative estimate of drug-likeness (QED) is 0.862. The van der Waals surface area contributed by atoms with Crippen LogP contribution < -0.4 is 0 Å². The molecule has 2 atom stereocenters. The molecule has 0 radical (unpaired) electrons. The molecule has 2 unspecified atom stereocenters. The fraction of sp³-hybridized carbons (Fsp3) is 0.625. The van der Waals surface area contributed by atoms with Gasteiger partial charge >= 0.3 is 0 Å². The van der Waals surface area contributed by atoms with Gasteiger partial charge in [0.2, 0.25) is 5.89 Å². The van der Waals surface area contributed by atoms with Gasteiger partial charge in [0.1, 0.15) is 11.5 Å². The molecule has 2 aromatic rings. The molecule has 0 aliphatic carbocycles. The van der Waals surface area contributed by atoms with Crippen molar-refractivity contribution in [2.75, 3.05) is 6.61 Å². The second-order valence-corrected chi connectivity index (χ2v) is 6.72. The van der Waals surface area contributed by atoms with Crippen LogP contribution in [0.3, 0.4) is 0 Å². The standard InChI is InChI=1S/C16H22N2O3/c1-10-5-6-13(20-10)11(2)15-17-14(21-18-15)7-12-8-16(3,4)9-19-12/h5-6,11-12H,7-9H2,1-4H3. The third-order valence-electron chi connectivity index (χ3n) is 3.95. The van der Waals surface area contributed by atoms with Crippen molar-refractivity contribution in [1.29, 1.82) is 0 Å². The zero-order valence-corrected chi connectivity index (χ0v) is 13.0. The lowest BCUT2D eigenvalue weighted by Gasteiger charge is -2.12. The monoisotopic (exact) mass is 290 g/mol. The van der Waals surface area contributed by atoms with Crippen molar-refractivity contribution in [2.24, 2.45) is 5.41 Å². The second kappa shape index (κ2) is 5.30. The van der Waals surface area contributed by atoms with Gasteiger partial charge in [0.05, 0.1) is 25.0 Å². The smallest absolute Gasteiger partial charge is 0.229 e. The molecule has 0 N–H and O–H groups in total. The number of hydrogen-bond acceptors (Lipinski definition) is 5. The third kappa shape index (κ3) is 3.18. The summed E-state index contributed by atoms with van der Waals surface area (Å²) >= 11 is 0. The van der Waals surface area contributed by atoms with E-state index in [4.69, 9.17) is 13.7 Å². The highest BCUT2D eigenvalue weighted by Gasteiger charge is 2.33. The third-order valence-corrected chi connectivity index (χ3v) is 3.95. The zero-order valence-electron chi connectivity index (χ0n) is 13.0. The number of nitrogens with zero attached hydrogens (tertiary/aromatic N) is 2. The molecular weight excluding hydrogens is 268 g/mol. The van der Waals surface area contributed by atoms with Crippen LogP contribution in [0.5, 0.6) is 0 Å². The second-order valence-electron chi connectivity index (χ2n) is 6.72. The van der Waals surface area contributed by atoms with Gasteiger partial charge in [0, 0.05) is 0 Å². The van der Waals surface area contributed by atoms with Gasteiger partial charge in [-0.2, -0.15) is 4.98 Å². The summed E-state index contributed by atoms with van der Waals surface area (Å²) in [6, 6.07) is 3.90. The number of rotatable bonds is 4. The first-order chi connectivity index (χ1) is 9.93. The molecule has 5 nitrogen and oxygen atoms in total. The Morgan fingerprint density at radius 2 is 2.19 bits per heavy atom. The van der Waals surface area contributed by atoms with Crippen molar-refractivity contribution in [3.8, 4) is 0 Å². The minimum atomic E-state index is -0.00265. The first kappa shape index (κ1) is 14.3. The van der Waals surface area contributed by atoms with Crippen LogP contribution in [0.1, 0.15) is 56.3 Å². The molecule has 0 saturated carbocycles. The predicted molar refractivity (Wildman–Crippen MR) is 77.1 cm³/mol. The largest absolute Gasteiger partial charge is 0.466 e. The summed E-state index contributed by atoms with van der Waals surface area (Å²) in [5.74, 6) is 3.05. The number of ether oxygens (including phenoxy) is 1. The maximum Gasteiger partial charge on any atom is 0.229 e. The molecule has 3 heterocycles. The van der Waals surface area contributed by atoms with Crippen molar-refractivity contribution in [3.63, 3.8) is 0 Å². The van der Waals surface area contributed by atoms with Crippen molar-refractivity contribution < 1.29 is 13.7 Å². The van der Waals surface area contributed by atoms with Gasteiger partial charge in [-0.05, 0) is 37.8 Å². The van der Waals surface area contributed by atoms with Gasteiger partial charge in [-0.1, -0.05) is 19.0 Å². The molecule has 3 rings (SSSR count). The molecule has 0 spiro atoms. The minimum Gasteiger partial charge on any atom is -0.466 e. The average Bonchev–Trinajstić information content (AvgIpc) is 3.10. The summed E-state index contributed by atoms with van der Waals surface area (Å²) in [4.78, 5) is 4.49. The summed E-state index contributed by atoms with van der Waals surface area (Å²) < 4.78 is 16.8. The molecule has 114 valence electrons. The topological polar surface area (TPSA) is 61.3 Å². The maximum atomic E-state index is 5.78. The van der Waals surface area contributed by atoms with E-state index in [0.717, 1.165) is 24.5 Å². The predicted octanol–water partition coefficient (Wildman–Crippen LogP) is 3.48. The van der Waals surface area contributed by atoms with Crippen molar-refractivity contribution in [2.45, 2.75) is 52.6 Å². The van der Waals surface area contributed by atoms with Gasteiger partial charge < -0.3 is 13.7 Å². The van der Waals surface area contributed by atoms with Crippen LogP contribution in [0.15, 0.2) is 21.1 Å². The van der Waals surface area contributed by atoms with Gasteiger partial charge in [0.15, 0.2) is 5.82 Å². The van der Waals surface area contributed by atoms with Crippen LogP contribution in [0, 0.1) is 12.3 Å². The fourth-order valence-electron chi connectivity index (χ4n) is 2.74. The number of furan rings is 1. The van der Waals surface area contributed by atoms with Gasteiger partial charge in [-0.3, -0.25) is 0 Å². The van der Waals surface area contributed by atoms with Crippen molar-refractivity contribution >= 4 is 0 Å². The van der Waals surface area contributed by atoms with E-state index in [0.29, 0.717) is 18.1 Å². The highest BCUT2D eigenvalue weighted by molar-refractivity contribution is 5.16. The minimum absolute atomic E-state index is 0.00265. The molecule has 0 amide bonds. The molecule has 1 aliphatic rings. The Morgan fingerprint density at radius 3 is 2.81 bits per heavy atom. The Balaban J connectivity index is 1.66. The van der Waals surface area contributed by atoms with Crippen LogP contribution in [-0.4, -0.2) is 22.9 Å². The molecule has 2 aromatic heterocycles. The Labute approximate surface area is 124 Å². The normalized spacial score (nSPS) is 22.6. The summed E-state index contributed by atoms with van der Waals surface area (Å²) in [7, 11) is 0. The van der Waals surface area contributed by atoms with Crippen LogP contribution in [-0.2, 0) is 11.2 Å². The van der Waals surface area contributed by atoms with Gasteiger partial charge in [-0.15, -0.1) is 0 Å². The lowest BCUT2D eigenvalue weighted by atomic mass is 9.90. The van der Waals surface area contributed by atoms with E-state index in [1.54, 1.807) is 0 Å². The highest BCUT2D eigenvalue weighted by Crippen LogP contribution is 2.33. The zero-order chi connectivity index (χ0) is 15.0. The average molecular weight is 290 g/mol. The lowest BCUT2D eigenvalue weighted by Crippen LogP contribution is -2.12. The lowest BCUT2D eigenvalue weighted by molar-refractivity contribution is 0.0939. The van der Waals surface area contributed by atoms with E-state index < -0.39 is 0 Å². The van der Waals surface area contributed by atoms with Crippen LogP contribution >= 0.6 is 0 Å². The first-order valence-electron chi connectivity index (χ1n) is 7.43. The highest BCUT2D eigenvalue weighted by atomic mass is 16.5. The SMILES string of the molecule is Cc1ccc(C(C)c2noc(CC3CC(C)(C)CO3)n2)o1. The van der Waals surface area contributed by atoms with Gasteiger partial charge in [-0.25, -0.2) is 0 Å². The maximum absolute atomic E-state index is 5.78. The fourth-order valence-corrected chi connectivity index (χ4v) is 2.74. The Bertz CT molecular complexity index is 615. The number of aryl methyl sites for hydroxylation is 1. The Morgan fingerprint density at radius 1 is 1.38 bits per heavy atom. The molecule has 5 heteroatoms. The van der Waals surface area contributed by atoms with Crippen molar-refractivity contribution in [3.05, 3.63) is 35.4 Å². The number of aromatic nitrogens is 2. The Hall–Kier alpha value is -1.62. The number of hydrogen-bond donors (Lipinski definition) is 0. The summed E-state index contributed by atoms with van der Waals surface area (Å²) in [5.41, 5.74) is 0.243. The van der Waals surface area contributed by atoms with E-state index in [1.165, 1.54) is 0 Å². The van der Waals surface area contributed by atoms with E-state index in [9.17, 15) is 0 Å². The molecule has 1 saturated heterocycles. The summed E-state index contributed by atoms with van der Waals surface area (Å²) in [6.07, 6.45) is 1.88.